The van der Waals surface area contributed by atoms with Crippen LogP contribution in [0.3, 0.4) is 0 Å². The number of anilines is 2. The largest absolute Gasteiger partial charge is 0.321 e. The van der Waals surface area contributed by atoms with Crippen molar-refractivity contribution in [1.82, 2.24) is 4.98 Å². The molecule has 0 aliphatic carbocycles. The maximum absolute atomic E-state index is 13.1. The van der Waals surface area contributed by atoms with E-state index >= 15 is 0 Å². The molecule has 1 N–H and O–H groups in total. The van der Waals surface area contributed by atoms with Crippen LogP contribution in [-0.2, 0) is 10.0 Å². The molecule has 0 radical (unpaired) electrons. The third-order valence-electron chi connectivity index (χ3n) is 4.97. The van der Waals surface area contributed by atoms with Crippen LogP contribution in [0.25, 0.3) is 10.9 Å². The molecule has 0 saturated carbocycles. The van der Waals surface area contributed by atoms with Gasteiger partial charge in [-0.15, -0.1) is 0 Å². The molecule has 1 amide bonds. The second kappa shape index (κ2) is 8.20. The van der Waals surface area contributed by atoms with Gasteiger partial charge in [-0.25, -0.2) is 8.42 Å². The van der Waals surface area contributed by atoms with Crippen LogP contribution in [0.1, 0.15) is 16.1 Å². The van der Waals surface area contributed by atoms with Crippen LogP contribution in [0, 0.1) is 6.92 Å². The third kappa shape index (κ3) is 4.13. The van der Waals surface area contributed by atoms with Gasteiger partial charge in [0.05, 0.1) is 21.8 Å². The van der Waals surface area contributed by atoms with Crippen molar-refractivity contribution in [1.29, 1.82) is 0 Å². The van der Waals surface area contributed by atoms with Gasteiger partial charge in [0.1, 0.15) is 0 Å². The molecule has 3 aromatic carbocycles. The number of pyridine rings is 1. The lowest BCUT2D eigenvalue weighted by atomic mass is 10.1. The number of nitrogens with one attached hydrogen (secondary N) is 1. The molecule has 0 saturated heterocycles. The van der Waals surface area contributed by atoms with Crippen molar-refractivity contribution in [2.24, 2.45) is 0 Å². The Labute approximate surface area is 181 Å². The van der Waals surface area contributed by atoms with Gasteiger partial charge in [0.25, 0.3) is 15.9 Å². The first kappa shape index (κ1) is 20.6. The first-order valence-corrected chi connectivity index (χ1v) is 11.1. The zero-order valence-corrected chi connectivity index (χ0v) is 17.9. The molecule has 4 aromatic rings. The average Bonchev–Trinajstić information content (AvgIpc) is 2.79. The fraction of sp³-hybridized carbons (Fsp3) is 0.0833. The Morgan fingerprint density at radius 1 is 0.903 bits per heavy atom. The van der Waals surface area contributed by atoms with Crippen molar-refractivity contribution in [3.8, 4) is 0 Å². The number of hydrogen-bond donors (Lipinski definition) is 1. The zero-order valence-electron chi connectivity index (χ0n) is 17.1. The Bertz CT molecular complexity index is 1370. The van der Waals surface area contributed by atoms with Crippen LogP contribution in [0.5, 0.6) is 0 Å². The highest BCUT2D eigenvalue weighted by Crippen LogP contribution is 2.25. The van der Waals surface area contributed by atoms with E-state index in [0.717, 1.165) is 16.6 Å². The van der Waals surface area contributed by atoms with Crippen molar-refractivity contribution in [2.75, 3.05) is 16.7 Å². The number of aryl methyl sites for hydroxylation is 1. The summed E-state index contributed by atoms with van der Waals surface area (Å²) in [4.78, 5) is 17.5. The van der Waals surface area contributed by atoms with Crippen LogP contribution in [0.2, 0.25) is 0 Å². The summed E-state index contributed by atoms with van der Waals surface area (Å²) < 4.78 is 27.3. The molecule has 4 rings (SSSR count). The van der Waals surface area contributed by atoms with E-state index in [1.807, 2.05) is 37.3 Å². The summed E-state index contributed by atoms with van der Waals surface area (Å²) in [7, 11) is -2.33. The molecule has 6 nitrogen and oxygen atoms in total. The van der Waals surface area contributed by atoms with Crippen LogP contribution < -0.4 is 9.62 Å². The summed E-state index contributed by atoms with van der Waals surface area (Å²) >= 11 is 0. The molecule has 0 atom stereocenters. The van der Waals surface area contributed by atoms with Crippen molar-refractivity contribution >= 4 is 38.2 Å². The summed E-state index contributed by atoms with van der Waals surface area (Å²) in [6, 6.07) is 24.1. The van der Waals surface area contributed by atoms with Crippen LogP contribution in [0.15, 0.2) is 89.8 Å². The molecular formula is C24H21N3O3S. The van der Waals surface area contributed by atoms with Gasteiger partial charge >= 0.3 is 0 Å². The molecule has 7 heteroatoms. The van der Waals surface area contributed by atoms with Crippen molar-refractivity contribution in [2.45, 2.75) is 11.8 Å². The maximum atomic E-state index is 13.1. The van der Waals surface area contributed by atoms with Gasteiger partial charge < -0.3 is 5.32 Å². The Balaban J connectivity index is 1.65. The van der Waals surface area contributed by atoms with E-state index in [9.17, 15) is 13.2 Å². The molecule has 156 valence electrons. The molecule has 31 heavy (non-hydrogen) atoms. The number of carbonyl (C=O) groups excluding carboxylic acids is 1. The monoisotopic (exact) mass is 431 g/mol. The number of fused-ring (bicyclic) bond motifs is 1. The molecule has 0 aliphatic rings. The third-order valence-corrected chi connectivity index (χ3v) is 6.75. The molecule has 0 fully saturated rings. The minimum atomic E-state index is -3.82. The lowest BCUT2D eigenvalue weighted by molar-refractivity contribution is 0.102. The van der Waals surface area contributed by atoms with Crippen molar-refractivity contribution in [3.05, 3.63) is 96.2 Å². The minimum Gasteiger partial charge on any atom is -0.321 e. The quantitative estimate of drug-likeness (QED) is 0.500. The number of para-hydroxylation sites is 2. The van der Waals surface area contributed by atoms with Gasteiger partial charge in [0.2, 0.25) is 0 Å². The predicted octanol–water partition coefficient (Wildman–Crippen LogP) is 4.62. The summed E-state index contributed by atoms with van der Waals surface area (Å²) in [5.41, 5.74) is 2.97. The average molecular weight is 432 g/mol. The van der Waals surface area contributed by atoms with E-state index in [4.69, 9.17) is 0 Å². The Morgan fingerprint density at radius 3 is 2.39 bits per heavy atom. The predicted molar refractivity (Wildman–Crippen MR) is 123 cm³/mol. The van der Waals surface area contributed by atoms with E-state index in [2.05, 4.69) is 10.3 Å². The molecule has 0 aliphatic heterocycles. The van der Waals surface area contributed by atoms with E-state index in [0.29, 0.717) is 11.4 Å². The molecular weight excluding hydrogens is 410 g/mol. The number of nitrogens with zero attached hydrogens (tertiary/aromatic N) is 2. The number of aromatic nitrogens is 1. The van der Waals surface area contributed by atoms with Gasteiger partial charge in [0.15, 0.2) is 0 Å². The summed E-state index contributed by atoms with van der Waals surface area (Å²) in [6.07, 6.45) is 0. The minimum absolute atomic E-state index is 0.0438. The summed E-state index contributed by atoms with van der Waals surface area (Å²) in [5, 5.41) is 3.71. The molecule has 0 spiro atoms. The van der Waals surface area contributed by atoms with Crippen LogP contribution in [0.4, 0.5) is 11.4 Å². The smallest absolute Gasteiger partial charge is 0.264 e. The highest BCUT2D eigenvalue weighted by molar-refractivity contribution is 7.92. The first-order chi connectivity index (χ1) is 14.9. The normalized spacial score (nSPS) is 11.3. The number of carbonyl (C=O) groups is 1. The fourth-order valence-electron chi connectivity index (χ4n) is 3.34. The first-order valence-electron chi connectivity index (χ1n) is 9.68. The van der Waals surface area contributed by atoms with Crippen molar-refractivity contribution in [3.63, 3.8) is 0 Å². The Hall–Kier alpha value is -3.71. The highest BCUT2D eigenvalue weighted by atomic mass is 32.2. The zero-order chi connectivity index (χ0) is 22.0. The number of amides is 1. The van der Waals surface area contributed by atoms with Crippen LogP contribution >= 0.6 is 0 Å². The Kier molecular flexibility index (Phi) is 5.44. The second-order valence-corrected chi connectivity index (χ2v) is 9.09. The van der Waals surface area contributed by atoms with Crippen LogP contribution in [-0.4, -0.2) is 26.4 Å². The highest BCUT2D eigenvalue weighted by Gasteiger charge is 2.22. The number of hydrogen-bond acceptors (Lipinski definition) is 4. The van der Waals surface area contributed by atoms with E-state index in [1.165, 1.54) is 23.5 Å². The van der Waals surface area contributed by atoms with E-state index in [1.54, 1.807) is 42.5 Å². The summed E-state index contributed by atoms with van der Waals surface area (Å²) in [5.74, 6) is -0.393. The topological polar surface area (TPSA) is 79.4 Å². The molecule has 0 bridgehead atoms. The number of sulfonamides is 1. The lowest BCUT2D eigenvalue weighted by Gasteiger charge is -2.19. The molecule has 1 aromatic heterocycles. The van der Waals surface area contributed by atoms with E-state index < -0.39 is 15.9 Å². The Morgan fingerprint density at radius 2 is 1.61 bits per heavy atom. The number of benzene rings is 3. The maximum Gasteiger partial charge on any atom is 0.264 e. The van der Waals surface area contributed by atoms with Gasteiger partial charge in [-0.1, -0.05) is 42.5 Å². The van der Waals surface area contributed by atoms with Crippen molar-refractivity contribution < 1.29 is 13.2 Å². The van der Waals surface area contributed by atoms with Gasteiger partial charge in [-0.3, -0.25) is 14.1 Å². The van der Waals surface area contributed by atoms with Gasteiger partial charge in [0, 0.05) is 23.7 Å². The van der Waals surface area contributed by atoms with E-state index in [-0.39, 0.29) is 10.5 Å². The molecule has 1 heterocycles. The fourth-order valence-corrected chi connectivity index (χ4v) is 4.58. The van der Waals surface area contributed by atoms with Gasteiger partial charge in [-0.05, 0) is 49.4 Å². The SMILES string of the molecule is Cc1cc(NC(=O)c2cccc(S(=O)(=O)N(C)c3ccccc3)c2)c2ccccc2n1. The number of rotatable bonds is 5. The second-order valence-electron chi connectivity index (χ2n) is 7.12. The standard InChI is InChI=1S/C24H21N3O3S/c1-17-15-23(21-13-6-7-14-22(21)25-17)26-24(28)18-9-8-12-20(16-18)31(29,30)27(2)19-10-4-3-5-11-19/h3-16H,1-2H3,(H,25,26,28). The molecule has 0 unspecified atom stereocenters. The summed E-state index contributed by atoms with van der Waals surface area (Å²) in [6.45, 7) is 1.86. The lowest BCUT2D eigenvalue weighted by Crippen LogP contribution is -2.26. The van der Waals surface area contributed by atoms with Gasteiger partial charge in [-0.2, -0.15) is 0 Å².